The number of amides is 1. The molecule has 1 atom stereocenters. The number of hydrogen-bond acceptors (Lipinski definition) is 3. The van der Waals surface area contributed by atoms with E-state index >= 15 is 0 Å². The molecule has 2 N–H and O–H groups in total. The predicted octanol–water partition coefficient (Wildman–Crippen LogP) is 1.30. The lowest BCUT2D eigenvalue weighted by Gasteiger charge is -2.37. The van der Waals surface area contributed by atoms with Gasteiger partial charge in [-0.05, 0) is 60.0 Å². The molecule has 0 saturated heterocycles. The van der Waals surface area contributed by atoms with Gasteiger partial charge >= 0.3 is 0 Å². The van der Waals surface area contributed by atoms with Gasteiger partial charge in [0.25, 0.3) is 0 Å². The SMILES string of the molecule is CNCC1CC(OC(C)C(=O)NC(C)(C)C)C1. The van der Waals surface area contributed by atoms with Gasteiger partial charge in [0, 0.05) is 5.54 Å². The van der Waals surface area contributed by atoms with Crippen molar-refractivity contribution in [2.24, 2.45) is 5.92 Å². The summed E-state index contributed by atoms with van der Waals surface area (Å²) in [7, 11) is 1.97. The number of carbonyl (C=O) groups excluding carboxylic acids is 1. The Kier molecular flexibility index (Phi) is 4.95. The Hall–Kier alpha value is -0.610. The number of ether oxygens (including phenoxy) is 1. The lowest BCUT2D eigenvalue weighted by atomic mass is 9.82. The summed E-state index contributed by atoms with van der Waals surface area (Å²) < 4.78 is 5.73. The Balaban J connectivity index is 2.22. The van der Waals surface area contributed by atoms with Crippen molar-refractivity contribution in [2.45, 2.75) is 58.3 Å². The van der Waals surface area contributed by atoms with Gasteiger partial charge in [-0.15, -0.1) is 0 Å². The summed E-state index contributed by atoms with van der Waals surface area (Å²) in [5.41, 5.74) is -0.191. The van der Waals surface area contributed by atoms with Gasteiger partial charge in [-0.2, -0.15) is 0 Å². The van der Waals surface area contributed by atoms with Gasteiger partial charge in [-0.1, -0.05) is 0 Å². The Morgan fingerprint density at radius 2 is 2.00 bits per heavy atom. The molecule has 0 aromatic heterocycles. The molecule has 0 aliphatic heterocycles. The van der Waals surface area contributed by atoms with Crippen LogP contribution in [0.4, 0.5) is 0 Å². The molecule has 17 heavy (non-hydrogen) atoms. The van der Waals surface area contributed by atoms with Crippen LogP contribution in [-0.2, 0) is 9.53 Å². The van der Waals surface area contributed by atoms with Gasteiger partial charge in [0.1, 0.15) is 6.10 Å². The van der Waals surface area contributed by atoms with Crippen molar-refractivity contribution in [2.75, 3.05) is 13.6 Å². The summed E-state index contributed by atoms with van der Waals surface area (Å²) >= 11 is 0. The molecule has 0 aromatic rings. The van der Waals surface area contributed by atoms with Crippen molar-refractivity contribution >= 4 is 5.91 Å². The lowest BCUT2D eigenvalue weighted by Crippen LogP contribution is -2.48. The summed E-state index contributed by atoms with van der Waals surface area (Å²) in [6.45, 7) is 8.80. The topological polar surface area (TPSA) is 50.4 Å². The van der Waals surface area contributed by atoms with E-state index in [0.717, 1.165) is 19.4 Å². The van der Waals surface area contributed by atoms with Gasteiger partial charge in [0.05, 0.1) is 6.10 Å². The zero-order valence-corrected chi connectivity index (χ0v) is 11.7. The zero-order valence-electron chi connectivity index (χ0n) is 11.7. The average molecular weight is 242 g/mol. The van der Waals surface area contributed by atoms with Crippen LogP contribution in [0, 0.1) is 5.92 Å². The molecule has 1 aliphatic carbocycles. The summed E-state index contributed by atoms with van der Waals surface area (Å²) in [5.74, 6) is 0.692. The molecule has 1 aliphatic rings. The molecule has 0 heterocycles. The maximum absolute atomic E-state index is 11.8. The number of rotatable bonds is 5. The van der Waals surface area contributed by atoms with Crippen LogP contribution in [0.25, 0.3) is 0 Å². The van der Waals surface area contributed by atoms with Crippen molar-refractivity contribution in [3.8, 4) is 0 Å². The van der Waals surface area contributed by atoms with E-state index in [0.29, 0.717) is 5.92 Å². The van der Waals surface area contributed by atoms with Crippen LogP contribution >= 0.6 is 0 Å². The second-order valence-electron chi connectivity index (χ2n) is 6.03. The number of nitrogens with one attached hydrogen (secondary N) is 2. The van der Waals surface area contributed by atoms with E-state index in [9.17, 15) is 4.79 Å². The van der Waals surface area contributed by atoms with Gasteiger partial charge in [-0.25, -0.2) is 0 Å². The van der Waals surface area contributed by atoms with Gasteiger partial charge in [-0.3, -0.25) is 4.79 Å². The Morgan fingerprint density at radius 1 is 1.41 bits per heavy atom. The fraction of sp³-hybridized carbons (Fsp3) is 0.923. The predicted molar refractivity (Wildman–Crippen MR) is 68.9 cm³/mol. The van der Waals surface area contributed by atoms with Crippen LogP contribution in [0.2, 0.25) is 0 Å². The van der Waals surface area contributed by atoms with E-state index in [4.69, 9.17) is 4.74 Å². The third kappa shape index (κ3) is 5.04. The molecule has 0 aromatic carbocycles. The second kappa shape index (κ2) is 5.83. The van der Waals surface area contributed by atoms with E-state index < -0.39 is 0 Å². The largest absolute Gasteiger partial charge is 0.365 e. The molecule has 100 valence electrons. The van der Waals surface area contributed by atoms with E-state index in [1.54, 1.807) is 0 Å². The van der Waals surface area contributed by atoms with Gasteiger partial charge < -0.3 is 15.4 Å². The molecule has 1 unspecified atom stereocenters. The highest BCUT2D eigenvalue weighted by Gasteiger charge is 2.32. The van der Waals surface area contributed by atoms with Crippen LogP contribution in [0.15, 0.2) is 0 Å². The van der Waals surface area contributed by atoms with Crippen LogP contribution in [0.3, 0.4) is 0 Å². The normalized spacial score (nSPS) is 26.2. The molecule has 1 fully saturated rings. The minimum absolute atomic E-state index is 0.0189. The number of hydrogen-bond donors (Lipinski definition) is 2. The zero-order chi connectivity index (χ0) is 13.1. The Labute approximate surface area is 104 Å². The highest BCUT2D eigenvalue weighted by Crippen LogP contribution is 2.30. The third-order valence-electron chi connectivity index (χ3n) is 2.95. The molecule has 0 spiro atoms. The van der Waals surface area contributed by atoms with Crippen LogP contribution in [-0.4, -0.2) is 37.2 Å². The molecule has 1 rings (SSSR count). The first-order valence-corrected chi connectivity index (χ1v) is 6.44. The maximum atomic E-state index is 11.8. The van der Waals surface area contributed by atoms with Crippen molar-refractivity contribution < 1.29 is 9.53 Å². The molecule has 4 heteroatoms. The van der Waals surface area contributed by atoms with Crippen LogP contribution < -0.4 is 10.6 Å². The van der Waals surface area contributed by atoms with Crippen LogP contribution in [0.5, 0.6) is 0 Å². The molecular weight excluding hydrogens is 216 g/mol. The standard InChI is InChI=1S/C13H26N2O2/c1-9(12(16)15-13(2,3)4)17-11-6-10(7-11)8-14-5/h9-11,14H,6-8H2,1-5H3,(H,15,16). The second-order valence-corrected chi connectivity index (χ2v) is 6.03. The minimum atomic E-state index is -0.352. The molecule has 1 amide bonds. The molecule has 1 saturated carbocycles. The average Bonchev–Trinajstić information content (AvgIpc) is 2.11. The first-order chi connectivity index (χ1) is 7.81. The van der Waals surface area contributed by atoms with Crippen molar-refractivity contribution in [1.29, 1.82) is 0 Å². The van der Waals surface area contributed by atoms with Crippen molar-refractivity contribution in [1.82, 2.24) is 10.6 Å². The highest BCUT2D eigenvalue weighted by molar-refractivity contribution is 5.81. The first-order valence-electron chi connectivity index (χ1n) is 6.44. The van der Waals surface area contributed by atoms with Crippen molar-refractivity contribution in [3.05, 3.63) is 0 Å². The first kappa shape index (κ1) is 14.5. The van der Waals surface area contributed by atoms with E-state index in [-0.39, 0.29) is 23.7 Å². The van der Waals surface area contributed by atoms with Gasteiger partial charge in [0.2, 0.25) is 5.91 Å². The third-order valence-corrected chi connectivity index (χ3v) is 2.95. The number of carbonyl (C=O) groups is 1. The lowest BCUT2D eigenvalue weighted by molar-refractivity contribution is -0.142. The molecule has 0 bridgehead atoms. The molecular formula is C13H26N2O2. The van der Waals surface area contributed by atoms with Gasteiger partial charge in [0.15, 0.2) is 0 Å². The summed E-state index contributed by atoms with van der Waals surface area (Å²) in [5, 5.41) is 6.10. The van der Waals surface area contributed by atoms with Crippen molar-refractivity contribution in [3.63, 3.8) is 0 Å². The van der Waals surface area contributed by atoms with E-state index in [2.05, 4.69) is 10.6 Å². The summed E-state index contributed by atoms with van der Waals surface area (Å²) in [6, 6.07) is 0. The Morgan fingerprint density at radius 3 is 2.47 bits per heavy atom. The fourth-order valence-corrected chi connectivity index (χ4v) is 2.06. The smallest absolute Gasteiger partial charge is 0.249 e. The molecule has 0 radical (unpaired) electrons. The minimum Gasteiger partial charge on any atom is -0.365 e. The van der Waals surface area contributed by atoms with E-state index in [1.165, 1.54) is 0 Å². The fourth-order valence-electron chi connectivity index (χ4n) is 2.06. The highest BCUT2D eigenvalue weighted by atomic mass is 16.5. The quantitative estimate of drug-likeness (QED) is 0.764. The van der Waals surface area contributed by atoms with E-state index in [1.807, 2.05) is 34.7 Å². The van der Waals surface area contributed by atoms with Crippen LogP contribution in [0.1, 0.15) is 40.5 Å². The monoisotopic (exact) mass is 242 g/mol. The summed E-state index contributed by atoms with van der Waals surface area (Å²) in [4.78, 5) is 11.8. The maximum Gasteiger partial charge on any atom is 0.249 e. The Bertz CT molecular complexity index is 255. The molecule has 4 nitrogen and oxygen atoms in total. The summed E-state index contributed by atoms with van der Waals surface area (Å²) in [6.07, 6.45) is 2.03.